The highest BCUT2D eigenvalue weighted by Crippen LogP contribution is 2.28. The van der Waals surface area contributed by atoms with E-state index in [2.05, 4.69) is 41.4 Å². The molecule has 11 heavy (non-hydrogen) atoms. The van der Waals surface area contributed by atoms with Crippen LogP contribution in [0.1, 0.15) is 0 Å². The van der Waals surface area contributed by atoms with Gasteiger partial charge in [-0.25, -0.2) is 0 Å². The van der Waals surface area contributed by atoms with Crippen molar-refractivity contribution in [2.24, 2.45) is 0 Å². The number of fused-ring (bicyclic) bond motifs is 1. The minimum Gasteiger partial charge on any atom is -0.138 e. The van der Waals surface area contributed by atoms with Gasteiger partial charge >= 0.3 is 0 Å². The van der Waals surface area contributed by atoms with E-state index in [1.165, 1.54) is 11.5 Å². The Kier molecular flexibility index (Phi) is 1.95. The lowest BCUT2D eigenvalue weighted by Gasteiger charge is -1.92. The number of nitrogens with zero attached hydrogens (tertiary/aromatic N) is 2. The molecule has 0 saturated carbocycles. The van der Waals surface area contributed by atoms with E-state index in [4.69, 9.17) is 0 Å². The van der Waals surface area contributed by atoms with Crippen LogP contribution in [0.15, 0.2) is 21.1 Å². The van der Waals surface area contributed by atoms with Crippen LogP contribution < -0.4 is 0 Å². The lowest BCUT2D eigenvalue weighted by molar-refractivity contribution is 1.20. The van der Waals surface area contributed by atoms with Crippen molar-refractivity contribution in [3.8, 4) is 0 Å². The van der Waals surface area contributed by atoms with Crippen LogP contribution in [0.3, 0.4) is 0 Å². The van der Waals surface area contributed by atoms with Crippen molar-refractivity contribution in [1.82, 2.24) is 9.59 Å². The first-order chi connectivity index (χ1) is 5.27. The molecule has 0 unspecified atom stereocenters. The fourth-order valence-corrected chi connectivity index (χ4v) is 2.18. The Bertz CT molecular complexity index is 362. The van der Waals surface area contributed by atoms with Gasteiger partial charge in [0.15, 0.2) is 0 Å². The molecule has 0 saturated heterocycles. The maximum Gasteiger partial charge on any atom is 0.107 e. The van der Waals surface area contributed by atoms with Crippen LogP contribution in [0.25, 0.3) is 10.2 Å². The summed E-state index contributed by atoms with van der Waals surface area (Å²) in [5.74, 6) is 0. The molecule has 0 spiro atoms. The second-order valence-electron chi connectivity index (χ2n) is 2.01. The Hall–Kier alpha value is -0.000000000000000111. The van der Waals surface area contributed by atoms with Crippen molar-refractivity contribution in [3.05, 3.63) is 21.1 Å². The third-order valence-corrected chi connectivity index (χ3v) is 3.82. The first-order valence-corrected chi connectivity index (χ1v) is 5.20. The fraction of sp³-hybridized carbons (Fsp3) is 0. The van der Waals surface area contributed by atoms with Crippen LogP contribution >= 0.6 is 43.4 Å². The molecule has 0 aliphatic heterocycles. The molecule has 0 radical (unpaired) electrons. The molecule has 0 atom stereocenters. The minimum absolute atomic E-state index is 0.935. The topological polar surface area (TPSA) is 25.8 Å². The summed E-state index contributed by atoms with van der Waals surface area (Å²) < 4.78 is 6.98. The van der Waals surface area contributed by atoms with Gasteiger partial charge in [0.25, 0.3) is 0 Å². The average molecular weight is 294 g/mol. The van der Waals surface area contributed by atoms with E-state index in [1.807, 2.05) is 12.1 Å². The molecule has 0 amide bonds. The minimum atomic E-state index is 0.935. The van der Waals surface area contributed by atoms with Crippen LogP contribution in [0.2, 0.25) is 0 Å². The maximum atomic E-state index is 3.94. The zero-order valence-electron chi connectivity index (χ0n) is 5.21. The van der Waals surface area contributed by atoms with Crippen LogP contribution in [-0.4, -0.2) is 9.59 Å². The van der Waals surface area contributed by atoms with Gasteiger partial charge in [-0.2, -0.15) is 0 Å². The number of rotatable bonds is 0. The van der Waals surface area contributed by atoms with E-state index in [-0.39, 0.29) is 0 Å². The maximum absolute atomic E-state index is 3.94. The highest BCUT2D eigenvalue weighted by atomic mass is 79.9. The number of halogens is 2. The molecule has 0 aliphatic rings. The monoisotopic (exact) mass is 292 g/mol. The van der Waals surface area contributed by atoms with Crippen molar-refractivity contribution >= 4 is 53.6 Å². The molecule has 0 N–H and O–H groups in total. The van der Waals surface area contributed by atoms with Gasteiger partial charge in [-0.05, 0) is 55.5 Å². The summed E-state index contributed by atoms with van der Waals surface area (Å²) in [6.45, 7) is 0. The largest absolute Gasteiger partial charge is 0.138 e. The molecular formula is C6H2Br2N2S. The van der Waals surface area contributed by atoms with Crippen molar-refractivity contribution in [2.75, 3.05) is 0 Å². The second kappa shape index (κ2) is 2.80. The predicted octanol–water partition coefficient (Wildman–Crippen LogP) is 3.22. The third kappa shape index (κ3) is 1.32. The van der Waals surface area contributed by atoms with Crippen LogP contribution in [-0.2, 0) is 0 Å². The van der Waals surface area contributed by atoms with E-state index < -0.39 is 0 Å². The molecule has 1 aromatic carbocycles. The molecular weight excluding hydrogens is 292 g/mol. The van der Waals surface area contributed by atoms with Gasteiger partial charge in [-0.15, -0.1) is 5.10 Å². The molecule has 0 aliphatic carbocycles. The Morgan fingerprint density at radius 2 is 1.91 bits per heavy atom. The summed E-state index contributed by atoms with van der Waals surface area (Å²) in [5.41, 5.74) is 0.935. The molecule has 2 nitrogen and oxygen atoms in total. The number of benzene rings is 1. The molecule has 2 aromatic rings. The number of hydrogen-bond acceptors (Lipinski definition) is 3. The molecule has 0 fully saturated rings. The molecule has 2 rings (SSSR count). The zero-order chi connectivity index (χ0) is 7.84. The Morgan fingerprint density at radius 1 is 1.18 bits per heavy atom. The summed E-state index contributed by atoms with van der Waals surface area (Å²) in [4.78, 5) is 0. The first kappa shape index (κ1) is 7.64. The summed E-state index contributed by atoms with van der Waals surface area (Å²) in [6.07, 6.45) is 0. The molecule has 56 valence electrons. The fourth-order valence-electron chi connectivity index (χ4n) is 0.778. The summed E-state index contributed by atoms with van der Waals surface area (Å²) >= 11 is 8.19. The smallest absolute Gasteiger partial charge is 0.107 e. The van der Waals surface area contributed by atoms with Gasteiger partial charge < -0.3 is 0 Å². The Balaban J connectivity index is 2.86. The average Bonchev–Trinajstić information content (AvgIpc) is 2.36. The Morgan fingerprint density at radius 3 is 2.73 bits per heavy atom. The van der Waals surface area contributed by atoms with Crippen molar-refractivity contribution in [2.45, 2.75) is 0 Å². The van der Waals surface area contributed by atoms with Gasteiger partial charge in [-0.3, -0.25) is 0 Å². The molecule has 0 bridgehead atoms. The van der Waals surface area contributed by atoms with Crippen molar-refractivity contribution in [3.63, 3.8) is 0 Å². The van der Waals surface area contributed by atoms with E-state index in [1.54, 1.807) is 0 Å². The quantitative estimate of drug-likeness (QED) is 0.745. The standard InChI is InChI=1S/C6H2Br2N2S/c7-3-1-5-6(2-4(3)8)11-10-9-5/h1-2H. The molecule has 1 heterocycles. The van der Waals surface area contributed by atoms with E-state index in [0.29, 0.717) is 0 Å². The van der Waals surface area contributed by atoms with Crippen LogP contribution in [0.4, 0.5) is 0 Å². The van der Waals surface area contributed by atoms with Crippen molar-refractivity contribution < 1.29 is 0 Å². The summed E-state index contributed by atoms with van der Waals surface area (Å²) in [5, 5.41) is 3.94. The predicted molar refractivity (Wildman–Crippen MR) is 52.8 cm³/mol. The molecule has 5 heteroatoms. The van der Waals surface area contributed by atoms with E-state index >= 15 is 0 Å². The lowest BCUT2D eigenvalue weighted by atomic mass is 10.3. The van der Waals surface area contributed by atoms with Gasteiger partial charge in [0.05, 0.1) is 4.70 Å². The van der Waals surface area contributed by atoms with Gasteiger partial charge in [0.1, 0.15) is 5.52 Å². The highest BCUT2D eigenvalue weighted by Gasteiger charge is 2.02. The highest BCUT2D eigenvalue weighted by molar-refractivity contribution is 9.13. The molecule has 1 aromatic heterocycles. The SMILES string of the molecule is Brc1cc2nnsc2cc1Br. The van der Waals surface area contributed by atoms with E-state index in [9.17, 15) is 0 Å². The second-order valence-corrected chi connectivity index (χ2v) is 4.50. The lowest BCUT2D eigenvalue weighted by Crippen LogP contribution is -1.70. The number of hydrogen-bond donors (Lipinski definition) is 0. The number of aromatic nitrogens is 2. The zero-order valence-corrected chi connectivity index (χ0v) is 9.20. The summed E-state index contributed by atoms with van der Waals surface area (Å²) in [6, 6.07) is 3.95. The van der Waals surface area contributed by atoms with Crippen LogP contribution in [0, 0.1) is 0 Å². The van der Waals surface area contributed by atoms with Crippen molar-refractivity contribution in [1.29, 1.82) is 0 Å². The van der Waals surface area contributed by atoms with E-state index in [0.717, 1.165) is 19.2 Å². The van der Waals surface area contributed by atoms with Crippen LogP contribution in [0.5, 0.6) is 0 Å². The Labute approximate surface area is 84.0 Å². The van der Waals surface area contributed by atoms with Gasteiger partial charge in [0.2, 0.25) is 0 Å². The third-order valence-electron chi connectivity index (χ3n) is 1.29. The first-order valence-electron chi connectivity index (χ1n) is 2.84. The summed E-state index contributed by atoms with van der Waals surface area (Å²) in [7, 11) is 0. The van der Waals surface area contributed by atoms with Gasteiger partial charge in [-0.1, -0.05) is 4.49 Å². The van der Waals surface area contributed by atoms with Gasteiger partial charge in [0, 0.05) is 8.95 Å². The normalized spacial score (nSPS) is 10.7.